The summed E-state index contributed by atoms with van der Waals surface area (Å²) < 4.78 is 11.4. The number of hydrogen-bond donors (Lipinski definition) is 2. The standard InChI is InChI=1S/C26H32Cl2N2O4/c1-15-17(3)23(11-9-19(15)27)33-13-25(31)29-21-7-5-6-8-22(21)30-26(32)14-34-24-12-10-20(28)16(2)18(24)4/h9-12,21-22H,5-8,13-14H2,1-4H3,(H,29,31)(H,30,32)/t21-,22-/m0/s1. The van der Waals surface area contributed by atoms with E-state index < -0.39 is 0 Å². The molecule has 6 nitrogen and oxygen atoms in total. The number of halogens is 2. The van der Waals surface area contributed by atoms with Crippen LogP contribution in [-0.2, 0) is 9.59 Å². The number of rotatable bonds is 8. The summed E-state index contributed by atoms with van der Waals surface area (Å²) in [6, 6.07) is 6.76. The highest BCUT2D eigenvalue weighted by molar-refractivity contribution is 6.31. The van der Waals surface area contributed by atoms with Gasteiger partial charge in [0.1, 0.15) is 11.5 Å². The minimum absolute atomic E-state index is 0.0998. The molecule has 0 spiro atoms. The van der Waals surface area contributed by atoms with E-state index in [9.17, 15) is 9.59 Å². The lowest BCUT2D eigenvalue weighted by Crippen LogP contribution is -2.54. The third-order valence-electron chi connectivity index (χ3n) is 6.52. The summed E-state index contributed by atoms with van der Waals surface area (Å²) >= 11 is 12.3. The molecular formula is C26H32Cl2N2O4. The zero-order valence-corrected chi connectivity index (χ0v) is 21.6. The maximum atomic E-state index is 12.6. The number of ether oxygens (including phenoxy) is 2. The number of nitrogens with one attached hydrogen (secondary N) is 2. The minimum Gasteiger partial charge on any atom is -0.483 e. The van der Waals surface area contributed by atoms with Gasteiger partial charge in [-0.05, 0) is 87.1 Å². The summed E-state index contributed by atoms with van der Waals surface area (Å²) in [6.07, 6.45) is 3.58. The molecule has 0 aliphatic heterocycles. The van der Waals surface area contributed by atoms with Crippen LogP contribution in [0.5, 0.6) is 11.5 Å². The lowest BCUT2D eigenvalue weighted by atomic mass is 9.90. The third-order valence-corrected chi connectivity index (χ3v) is 7.34. The molecule has 2 aromatic carbocycles. The molecule has 0 unspecified atom stereocenters. The quantitative estimate of drug-likeness (QED) is 0.513. The van der Waals surface area contributed by atoms with Crippen LogP contribution in [0.25, 0.3) is 0 Å². The molecule has 3 rings (SSSR count). The fraction of sp³-hybridized carbons (Fsp3) is 0.462. The summed E-state index contributed by atoms with van der Waals surface area (Å²) in [7, 11) is 0. The lowest BCUT2D eigenvalue weighted by Gasteiger charge is -2.32. The summed E-state index contributed by atoms with van der Waals surface area (Å²) in [4.78, 5) is 25.2. The fourth-order valence-electron chi connectivity index (χ4n) is 4.10. The van der Waals surface area contributed by atoms with E-state index in [2.05, 4.69) is 10.6 Å². The Bertz CT molecular complexity index is 974. The van der Waals surface area contributed by atoms with Crippen molar-refractivity contribution in [1.29, 1.82) is 0 Å². The number of carbonyl (C=O) groups excluding carboxylic acids is 2. The summed E-state index contributed by atoms with van der Waals surface area (Å²) in [5.41, 5.74) is 3.69. The molecule has 1 fully saturated rings. The highest BCUT2D eigenvalue weighted by Gasteiger charge is 2.28. The molecule has 0 saturated heterocycles. The SMILES string of the molecule is Cc1c(Cl)ccc(OCC(=O)N[C@H]2CCCC[C@@H]2NC(=O)COc2ccc(Cl)c(C)c2C)c1C. The Balaban J connectivity index is 1.51. The average molecular weight is 507 g/mol. The second-order valence-electron chi connectivity index (χ2n) is 8.80. The van der Waals surface area contributed by atoms with Crippen molar-refractivity contribution in [2.24, 2.45) is 0 Å². The van der Waals surface area contributed by atoms with Crippen molar-refractivity contribution < 1.29 is 19.1 Å². The predicted octanol–water partition coefficient (Wildman–Crippen LogP) is 5.23. The lowest BCUT2D eigenvalue weighted by molar-refractivity contribution is -0.127. The molecule has 1 saturated carbocycles. The molecule has 0 radical (unpaired) electrons. The van der Waals surface area contributed by atoms with Gasteiger partial charge in [0.15, 0.2) is 13.2 Å². The van der Waals surface area contributed by atoms with Crippen LogP contribution in [0.15, 0.2) is 24.3 Å². The van der Waals surface area contributed by atoms with Gasteiger partial charge in [0.05, 0.1) is 0 Å². The van der Waals surface area contributed by atoms with E-state index in [0.717, 1.165) is 47.9 Å². The van der Waals surface area contributed by atoms with Crippen molar-refractivity contribution >= 4 is 35.0 Å². The van der Waals surface area contributed by atoms with E-state index in [-0.39, 0.29) is 37.1 Å². The molecule has 0 bridgehead atoms. The highest BCUT2D eigenvalue weighted by Crippen LogP contribution is 2.28. The topological polar surface area (TPSA) is 76.7 Å². The molecular weight excluding hydrogens is 475 g/mol. The van der Waals surface area contributed by atoms with Crippen LogP contribution in [0, 0.1) is 27.7 Å². The van der Waals surface area contributed by atoms with Crippen molar-refractivity contribution in [2.75, 3.05) is 13.2 Å². The molecule has 8 heteroatoms. The van der Waals surface area contributed by atoms with E-state index in [1.165, 1.54) is 0 Å². The summed E-state index contributed by atoms with van der Waals surface area (Å²) in [5.74, 6) is 0.828. The normalized spacial score (nSPS) is 17.7. The molecule has 0 aromatic heterocycles. The maximum absolute atomic E-state index is 12.6. The molecule has 184 valence electrons. The average Bonchev–Trinajstić information content (AvgIpc) is 2.81. The monoisotopic (exact) mass is 506 g/mol. The minimum atomic E-state index is -0.221. The first-order chi connectivity index (χ1) is 16.2. The number of benzene rings is 2. The zero-order valence-electron chi connectivity index (χ0n) is 20.1. The Kier molecular flexibility index (Phi) is 9.09. The Hall–Kier alpha value is -2.44. The van der Waals surface area contributed by atoms with Crippen LogP contribution in [0.3, 0.4) is 0 Å². The second-order valence-corrected chi connectivity index (χ2v) is 9.62. The third kappa shape index (κ3) is 6.57. The van der Waals surface area contributed by atoms with E-state index in [4.69, 9.17) is 32.7 Å². The van der Waals surface area contributed by atoms with Crippen molar-refractivity contribution in [1.82, 2.24) is 10.6 Å². The molecule has 2 N–H and O–H groups in total. The van der Waals surface area contributed by atoms with Crippen molar-refractivity contribution in [3.05, 3.63) is 56.6 Å². The molecule has 1 aliphatic carbocycles. The maximum Gasteiger partial charge on any atom is 0.258 e. The van der Waals surface area contributed by atoms with Crippen LogP contribution in [0.4, 0.5) is 0 Å². The van der Waals surface area contributed by atoms with E-state index >= 15 is 0 Å². The first-order valence-corrected chi connectivity index (χ1v) is 12.3. The van der Waals surface area contributed by atoms with Crippen LogP contribution in [-0.4, -0.2) is 37.1 Å². The molecule has 1 aliphatic rings. The van der Waals surface area contributed by atoms with Crippen molar-refractivity contribution in [2.45, 2.75) is 65.5 Å². The van der Waals surface area contributed by atoms with Gasteiger partial charge in [0, 0.05) is 22.1 Å². The molecule has 2 amide bonds. The Morgan fingerprint density at radius 1 is 0.735 bits per heavy atom. The molecule has 2 atom stereocenters. The Morgan fingerprint density at radius 2 is 1.12 bits per heavy atom. The number of carbonyl (C=O) groups is 2. The largest absolute Gasteiger partial charge is 0.483 e. The van der Waals surface area contributed by atoms with Gasteiger partial charge in [-0.1, -0.05) is 36.0 Å². The number of hydrogen-bond acceptors (Lipinski definition) is 4. The Morgan fingerprint density at radius 3 is 1.50 bits per heavy atom. The van der Waals surface area contributed by atoms with Crippen molar-refractivity contribution in [3.8, 4) is 11.5 Å². The summed E-state index contributed by atoms with van der Waals surface area (Å²) in [6.45, 7) is 7.46. The first kappa shape index (κ1) is 26.2. The molecule has 34 heavy (non-hydrogen) atoms. The van der Waals surface area contributed by atoms with Crippen LogP contribution in [0.1, 0.15) is 47.9 Å². The van der Waals surface area contributed by atoms with Gasteiger partial charge in [0.2, 0.25) is 0 Å². The van der Waals surface area contributed by atoms with E-state index in [1.54, 1.807) is 24.3 Å². The van der Waals surface area contributed by atoms with Gasteiger partial charge >= 0.3 is 0 Å². The van der Waals surface area contributed by atoms with Gasteiger partial charge in [-0.15, -0.1) is 0 Å². The summed E-state index contributed by atoms with van der Waals surface area (Å²) in [5, 5.41) is 7.39. The van der Waals surface area contributed by atoms with Gasteiger partial charge in [-0.3, -0.25) is 9.59 Å². The zero-order chi connectivity index (χ0) is 24.8. The predicted molar refractivity (Wildman–Crippen MR) is 135 cm³/mol. The Labute approximate surface area is 211 Å². The van der Waals surface area contributed by atoms with E-state index in [0.29, 0.717) is 21.5 Å². The van der Waals surface area contributed by atoms with Crippen LogP contribution in [0.2, 0.25) is 10.0 Å². The van der Waals surface area contributed by atoms with Crippen molar-refractivity contribution in [3.63, 3.8) is 0 Å². The van der Waals surface area contributed by atoms with Gasteiger partial charge in [-0.2, -0.15) is 0 Å². The van der Waals surface area contributed by atoms with Gasteiger partial charge in [0.25, 0.3) is 11.8 Å². The first-order valence-electron chi connectivity index (χ1n) is 11.5. The van der Waals surface area contributed by atoms with E-state index in [1.807, 2.05) is 27.7 Å². The molecule has 0 heterocycles. The van der Waals surface area contributed by atoms with Gasteiger partial charge < -0.3 is 20.1 Å². The number of amides is 2. The van der Waals surface area contributed by atoms with Crippen LogP contribution < -0.4 is 20.1 Å². The highest BCUT2D eigenvalue weighted by atomic mass is 35.5. The second kappa shape index (κ2) is 11.8. The van der Waals surface area contributed by atoms with Crippen LogP contribution >= 0.6 is 23.2 Å². The fourth-order valence-corrected chi connectivity index (χ4v) is 4.51. The smallest absolute Gasteiger partial charge is 0.258 e. The van der Waals surface area contributed by atoms with Gasteiger partial charge in [-0.25, -0.2) is 0 Å². The molecule has 2 aromatic rings.